The van der Waals surface area contributed by atoms with E-state index in [2.05, 4.69) is 68.0 Å². The molecule has 49 heavy (non-hydrogen) atoms. The smallest absolute Gasteiger partial charge is 0.268 e. The van der Waals surface area contributed by atoms with E-state index >= 15 is 8.78 Å². The van der Waals surface area contributed by atoms with Crippen molar-refractivity contribution in [3.63, 3.8) is 0 Å². The van der Waals surface area contributed by atoms with Gasteiger partial charge in [-0.05, 0) is 45.9 Å². The number of ether oxygens (including phenoxy) is 1. The highest BCUT2D eigenvalue weighted by molar-refractivity contribution is 7.98. The number of anilines is 1. The largest absolute Gasteiger partial charge is 0.480 e. The van der Waals surface area contributed by atoms with Gasteiger partial charge in [-0.1, -0.05) is 77.4 Å². The van der Waals surface area contributed by atoms with E-state index in [-0.39, 0.29) is 61.6 Å². The van der Waals surface area contributed by atoms with Gasteiger partial charge in [-0.25, -0.2) is 32.5 Å². The van der Waals surface area contributed by atoms with Gasteiger partial charge < -0.3 is 14.1 Å². The number of hydrogen-bond acceptors (Lipinski definition) is 7. The fourth-order valence-electron chi connectivity index (χ4n) is 7.43. The van der Waals surface area contributed by atoms with Crippen molar-refractivity contribution in [3.05, 3.63) is 41.5 Å². The highest BCUT2D eigenvalue weighted by Crippen LogP contribution is 2.43. The molecule has 2 aromatic heterocycles. The minimum Gasteiger partial charge on any atom is -0.480 e. The van der Waals surface area contributed by atoms with Gasteiger partial charge in [0.15, 0.2) is 11.0 Å². The summed E-state index contributed by atoms with van der Waals surface area (Å²) in [6, 6.07) is 6.68. The molecule has 1 aliphatic heterocycles. The van der Waals surface area contributed by atoms with Crippen molar-refractivity contribution >= 4 is 62.3 Å². The van der Waals surface area contributed by atoms with Crippen molar-refractivity contribution in [2.24, 2.45) is 0 Å². The van der Waals surface area contributed by atoms with E-state index < -0.39 is 32.2 Å². The Labute approximate surface area is 293 Å². The Balaban J connectivity index is 1.88. The first-order valence-corrected chi connectivity index (χ1v) is 20.8. The standard InChI is InChI=1S/C36H42F4N4O2SSi2/c1-20(2)49(21(3)4,22(5)6)16-13-25-27(37)12-11-23-17-24(48-46-8)18-26(28(23)25)31-30(38)32-29(34(41-31)45-7)33(43-35(42-32)47-9)44-15-10-14-36(39,40)19-44/h11-12,17-18,20-22H,10,14-15,19H2,1-9H3. The average Bonchev–Trinajstić information content (AvgIpc) is 3.04. The zero-order valence-electron chi connectivity index (χ0n) is 29.4. The van der Waals surface area contributed by atoms with Crippen LogP contribution in [0.1, 0.15) is 59.9 Å². The van der Waals surface area contributed by atoms with E-state index in [1.54, 1.807) is 25.5 Å². The molecule has 0 amide bonds. The van der Waals surface area contributed by atoms with E-state index in [4.69, 9.17) is 9.16 Å². The number of hydrogen-bond donors (Lipinski definition) is 0. The molecule has 0 spiro atoms. The summed E-state index contributed by atoms with van der Waals surface area (Å²) in [5, 5.41) is 2.13. The van der Waals surface area contributed by atoms with E-state index in [9.17, 15) is 8.78 Å². The van der Waals surface area contributed by atoms with Crippen molar-refractivity contribution in [2.75, 3.05) is 38.5 Å². The molecule has 2 radical (unpaired) electrons. The molecule has 1 fully saturated rings. The van der Waals surface area contributed by atoms with Crippen LogP contribution >= 0.6 is 11.8 Å². The number of piperidine rings is 1. The average molecular weight is 727 g/mol. The molecule has 0 atom stereocenters. The predicted molar refractivity (Wildman–Crippen MR) is 195 cm³/mol. The number of nitrogens with zero attached hydrogens (tertiary/aromatic N) is 4. The van der Waals surface area contributed by atoms with Crippen LogP contribution in [0.3, 0.4) is 0 Å². The van der Waals surface area contributed by atoms with Crippen LogP contribution in [0.4, 0.5) is 23.4 Å². The third-order valence-electron chi connectivity index (χ3n) is 9.59. The van der Waals surface area contributed by atoms with Crippen molar-refractivity contribution in [1.29, 1.82) is 0 Å². The molecule has 4 aromatic rings. The summed E-state index contributed by atoms with van der Waals surface area (Å²) in [6.45, 7) is 12.9. The highest BCUT2D eigenvalue weighted by atomic mass is 32.2. The van der Waals surface area contributed by atoms with Crippen LogP contribution < -0.4 is 14.8 Å². The maximum absolute atomic E-state index is 17.1. The first-order valence-electron chi connectivity index (χ1n) is 16.4. The number of fused-ring (bicyclic) bond motifs is 2. The number of pyridine rings is 1. The van der Waals surface area contributed by atoms with Gasteiger partial charge in [0.1, 0.15) is 36.3 Å². The number of thioether (sulfide) groups is 1. The molecule has 5 rings (SSSR count). The summed E-state index contributed by atoms with van der Waals surface area (Å²) < 4.78 is 73.5. The second-order valence-electron chi connectivity index (χ2n) is 13.4. The lowest BCUT2D eigenvalue weighted by Gasteiger charge is -2.38. The number of alkyl halides is 2. The Bertz CT molecular complexity index is 1930. The second kappa shape index (κ2) is 14.6. The van der Waals surface area contributed by atoms with Crippen molar-refractivity contribution in [1.82, 2.24) is 15.0 Å². The number of halogens is 4. The zero-order valence-corrected chi connectivity index (χ0v) is 32.2. The summed E-state index contributed by atoms with van der Waals surface area (Å²) >= 11 is 1.17. The van der Waals surface area contributed by atoms with Crippen LogP contribution in [0.2, 0.25) is 16.6 Å². The third kappa shape index (κ3) is 6.94. The fraction of sp³-hybridized carbons (Fsp3) is 0.472. The van der Waals surface area contributed by atoms with E-state index in [1.165, 1.54) is 29.8 Å². The van der Waals surface area contributed by atoms with Crippen molar-refractivity contribution in [2.45, 2.75) is 82.1 Å². The Morgan fingerprint density at radius 1 is 0.980 bits per heavy atom. The maximum atomic E-state index is 17.1. The lowest BCUT2D eigenvalue weighted by molar-refractivity contribution is -0.0118. The van der Waals surface area contributed by atoms with Gasteiger partial charge in [-0.15, -0.1) is 5.54 Å². The molecule has 0 bridgehead atoms. The fourth-order valence-corrected chi connectivity index (χ4v) is 13.6. The normalized spacial score (nSPS) is 15.1. The maximum Gasteiger partial charge on any atom is 0.268 e. The molecule has 260 valence electrons. The SMILES string of the molecule is CO[Si]c1cc(-c2nc(OC)c3c(N4CCCC(F)(F)C4)nc(SC)nc3c2F)c2c(C#C[Si](C(C)C)(C(C)C)C(C)C)c(F)ccc2c1. The van der Waals surface area contributed by atoms with Gasteiger partial charge in [0.2, 0.25) is 5.88 Å². The minimum atomic E-state index is -2.93. The first kappa shape index (κ1) is 37.1. The van der Waals surface area contributed by atoms with Crippen molar-refractivity contribution in [3.8, 4) is 28.6 Å². The summed E-state index contributed by atoms with van der Waals surface area (Å²) in [6.07, 6.45) is 1.74. The highest BCUT2D eigenvalue weighted by Gasteiger charge is 2.42. The first-order chi connectivity index (χ1) is 23.2. The summed E-state index contributed by atoms with van der Waals surface area (Å²) in [4.78, 5) is 15.2. The predicted octanol–water partition coefficient (Wildman–Crippen LogP) is 8.55. The molecule has 2 aromatic carbocycles. The van der Waals surface area contributed by atoms with E-state index in [0.717, 1.165) is 5.19 Å². The number of benzene rings is 2. The Morgan fingerprint density at radius 3 is 2.27 bits per heavy atom. The molecule has 0 aliphatic carbocycles. The van der Waals surface area contributed by atoms with E-state index in [1.807, 2.05) is 6.07 Å². The Kier molecular flexibility index (Phi) is 11.0. The van der Waals surface area contributed by atoms with Crippen LogP contribution in [0, 0.1) is 23.1 Å². The van der Waals surface area contributed by atoms with Crippen molar-refractivity contribution < 1.29 is 26.7 Å². The summed E-state index contributed by atoms with van der Waals surface area (Å²) in [7, 11) is 0.597. The molecular formula is C36H42F4N4O2SSi2. The van der Waals surface area contributed by atoms with Crippen LogP contribution in [-0.4, -0.2) is 72.3 Å². The quantitative estimate of drug-likeness (QED) is 0.0564. The Morgan fingerprint density at radius 2 is 1.67 bits per heavy atom. The molecule has 0 N–H and O–H groups in total. The molecule has 13 heteroatoms. The van der Waals surface area contributed by atoms with Gasteiger partial charge in [-0.2, -0.15) is 0 Å². The molecule has 1 aliphatic rings. The topological polar surface area (TPSA) is 60.4 Å². The lowest BCUT2D eigenvalue weighted by atomic mass is 9.96. The van der Waals surface area contributed by atoms with Gasteiger partial charge in [-0.3, -0.25) is 0 Å². The van der Waals surface area contributed by atoms with Gasteiger partial charge in [0.05, 0.1) is 19.2 Å². The zero-order chi connectivity index (χ0) is 35.8. The number of methoxy groups -OCH3 is 1. The summed E-state index contributed by atoms with van der Waals surface area (Å²) in [5.74, 6) is -0.845. The molecule has 1 saturated heterocycles. The van der Waals surface area contributed by atoms with Crippen LogP contribution in [0.15, 0.2) is 29.4 Å². The number of aromatic nitrogens is 3. The molecule has 0 unspecified atom stereocenters. The van der Waals surface area contributed by atoms with Gasteiger partial charge >= 0.3 is 0 Å². The minimum absolute atomic E-state index is 0.0226. The molecule has 6 nitrogen and oxygen atoms in total. The Hall–Kier alpha value is -3.19. The second-order valence-corrected chi connectivity index (χ2v) is 21.0. The third-order valence-corrected chi connectivity index (χ3v) is 17.2. The molecular weight excluding hydrogens is 685 g/mol. The number of rotatable bonds is 9. The van der Waals surface area contributed by atoms with Crippen LogP contribution in [0.25, 0.3) is 32.9 Å². The monoisotopic (exact) mass is 726 g/mol. The van der Waals surface area contributed by atoms with Crippen LogP contribution in [0.5, 0.6) is 5.88 Å². The van der Waals surface area contributed by atoms with E-state index in [0.29, 0.717) is 39.5 Å². The summed E-state index contributed by atoms with van der Waals surface area (Å²) in [5.41, 5.74) is 4.81. The van der Waals surface area contributed by atoms with Gasteiger partial charge in [0, 0.05) is 31.0 Å². The molecule has 3 heterocycles. The molecule has 0 saturated carbocycles. The lowest BCUT2D eigenvalue weighted by Crippen LogP contribution is -2.43. The van der Waals surface area contributed by atoms with Crippen LogP contribution in [-0.2, 0) is 4.43 Å². The van der Waals surface area contributed by atoms with Gasteiger partial charge in [0.25, 0.3) is 15.7 Å².